The molecule has 1 rings (SSSR count). The number of hydrogen-bond acceptors (Lipinski definition) is 4. The summed E-state index contributed by atoms with van der Waals surface area (Å²) in [6.07, 6.45) is 28.9. The van der Waals surface area contributed by atoms with Crippen molar-refractivity contribution in [2.75, 3.05) is 6.54 Å². The van der Waals surface area contributed by atoms with Crippen LogP contribution in [0.3, 0.4) is 0 Å². The first-order valence-electron chi connectivity index (χ1n) is 15.8. The minimum absolute atomic E-state index is 0.0596. The molecule has 0 aromatic carbocycles. The quantitative estimate of drug-likeness (QED) is 0.0944. The summed E-state index contributed by atoms with van der Waals surface area (Å²) in [7, 11) is 0. The summed E-state index contributed by atoms with van der Waals surface area (Å²) in [5.41, 5.74) is 0. The van der Waals surface area contributed by atoms with Crippen LogP contribution in [0.4, 0.5) is 0 Å². The molecule has 0 aromatic rings. The van der Waals surface area contributed by atoms with Crippen LogP contribution in [0.1, 0.15) is 150 Å². The zero-order valence-corrected chi connectivity index (χ0v) is 24.9. The van der Waals surface area contributed by atoms with E-state index in [4.69, 9.17) is 4.74 Å². The largest absolute Gasteiger partial charge is 0.462 e. The topological polar surface area (TPSA) is 46.6 Å². The molecule has 0 radical (unpaired) electrons. The number of allylic oxidation sites excluding steroid dienone is 2. The molecule has 37 heavy (non-hydrogen) atoms. The zero-order chi connectivity index (χ0) is 27.1. The molecule has 1 aliphatic rings. The minimum Gasteiger partial charge on any atom is -0.462 e. The van der Waals surface area contributed by atoms with Gasteiger partial charge in [0.15, 0.2) is 0 Å². The van der Waals surface area contributed by atoms with Gasteiger partial charge in [0.25, 0.3) is 0 Å². The number of hydrogen-bond donors (Lipinski definition) is 0. The zero-order valence-electron chi connectivity index (χ0n) is 24.9. The molecule has 0 bridgehead atoms. The second-order valence-corrected chi connectivity index (χ2v) is 11.3. The first-order valence-corrected chi connectivity index (χ1v) is 15.8. The van der Waals surface area contributed by atoms with Gasteiger partial charge in [-0.2, -0.15) is 0 Å². The van der Waals surface area contributed by atoms with Gasteiger partial charge >= 0.3 is 5.97 Å². The van der Waals surface area contributed by atoms with Crippen molar-refractivity contribution in [3.63, 3.8) is 0 Å². The van der Waals surface area contributed by atoms with Crippen LogP contribution in [0, 0.1) is 11.8 Å². The lowest BCUT2D eigenvalue weighted by Gasteiger charge is -2.21. The van der Waals surface area contributed by atoms with Crippen LogP contribution in [-0.2, 0) is 14.3 Å². The average Bonchev–Trinajstić information content (AvgIpc) is 2.90. The summed E-state index contributed by atoms with van der Waals surface area (Å²) >= 11 is 0. The maximum absolute atomic E-state index is 12.2. The maximum Gasteiger partial charge on any atom is 0.306 e. The Morgan fingerprint density at radius 2 is 1.38 bits per heavy atom. The average molecular weight is 518 g/mol. The van der Waals surface area contributed by atoms with Crippen LogP contribution in [0.2, 0.25) is 0 Å². The molecule has 0 saturated heterocycles. The molecule has 4 heteroatoms. The van der Waals surface area contributed by atoms with Crippen molar-refractivity contribution in [3.05, 3.63) is 24.6 Å². The molecule has 0 amide bonds. The van der Waals surface area contributed by atoms with Crippen molar-refractivity contribution in [2.24, 2.45) is 11.8 Å². The summed E-state index contributed by atoms with van der Waals surface area (Å²) in [5, 5.41) is 0. The molecular weight excluding hydrogens is 458 g/mol. The molecule has 1 heterocycles. The number of Topliss-reactive ketones (excluding diaryl/α,β-unsaturated/α-hetero) is 1. The van der Waals surface area contributed by atoms with Gasteiger partial charge in [-0.3, -0.25) is 9.59 Å². The normalized spacial score (nSPS) is 15.2. The van der Waals surface area contributed by atoms with Gasteiger partial charge in [0.05, 0.1) is 0 Å². The first-order chi connectivity index (χ1) is 18.0. The molecule has 2 atom stereocenters. The highest BCUT2D eigenvalue weighted by Gasteiger charge is 2.13. The van der Waals surface area contributed by atoms with Crippen molar-refractivity contribution < 1.29 is 14.3 Å². The van der Waals surface area contributed by atoms with E-state index < -0.39 is 0 Å². The summed E-state index contributed by atoms with van der Waals surface area (Å²) in [6, 6.07) is 0. The van der Waals surface area contributed by atoms with Gasteiger partial charge in [0.2, 0.25) is 0 Å². The summed E-state index contributed by atoms with van der Waals surface area (Å²) < 4.78 is 5.69. The first kappa shape index (κ1) is 33.4. The monoisotopic (exact) mass is 517 g/mol. The van der Waals surface area contributed by atoms with Crippen molar-refractivity contribution >= 4 is 11.8 Å². The highest BCUT2D eigenvalue weighted by molar-refractivity contribution is 5.78. The van der Waals surface area contributed by atoms with E-state index in [0.29, 0.717) is 36.9 Å². The lowest BCUT2D eigenvalue weighted by molar-refractivity contribution is -0.149. The van der Waals surface area contributed by atoms with Crippen LogP contribution in [0.25, 0.3) is 0 Å². The summed E-state index contributed by atoms with van der Waals surface area (Å²) in [4.78, 5) is 26.7. The Bertz CT molecular complexity index is 627. The molecule has 0 spiro atoms. The Balaban J connectivity index is 1.98. The van der Waals surface area contributed by atoms with E-state index in [1.807, 2.05) is 0 Å². The van der Waals surface area contributed by atoms with Crippen molar-refractivity contribution in [3.8, 4) is 0 Å². The number of unbranched alkanes of at least 4 members (excludes halogenated alkanes) is 7. The second kappa shape index (κ2) is 22.4. The summed E-state index contributed by atoms with van der Waals surface area (Å²) in [6.45, 7) is 9.96. The fourth-order valence-electron chi connectivity index (χ4n) is 5.03. The van der Waals surface area contributed by atoms with Crippen LogP contribution in [-0.4, -0.2) is 29.3 Å². The molecule has 0 saturated carbocycles. The lowest BCUT2D eigenvalue weighted by Crippen LogP contribution is -2.17. The van der Waals surface area contributed by atoms with Gasteiger partial charge in [-0.05, 0) is 69.6 Å². The molecule has 0 aliphatic carbocycles. The third-order valence-corrected chi connectivity index (χ3v) is 7.76. The minimum atomic E-state index is -0.0596. The molecule has 1 aliphatic heterocycles. The van der Waals surface area contributed by atoms with E-state index in [9.17, 15) is 9.59 Å². The van der Waals surface area contributed by atoms with Gasteiger partial charge < -0.3 is 9.64 Å². The second-order valence-electron chi connectivity index (χ2n) is 11.3. The van der Waals surface area contributed by atoms with E-state index >= 15 is 0 Å². The van der Waals surface area contributed by atoms with Gasteiger partial charge in [0, 0.05) is 38.2 Å². The number of carbonyl (C=O) groups is 2. The highest BCUT2D eigenvalue weighted by atomic mass is 16.5. The number of ether oxygens (including phenoxy) is 1. The number of ketones is 1. The van der Waals surface area contributed by atoms with Gasteiger partial charge in [-0.15, -0.1) is 0 Å². The molecule has 0 N–H and O–H groups in total. The number of nitrogens with zero attached hydrogens (tertiary/aromatic N) is 1. The van der Waals surface area contributed by atoms with E-state index in [1.165, 1.54) is 51.4 Å². The van der Waals surface area contributed by atoms with E-state index in [0.717, 1.165) is 57.9 Å². The van der Waals surface area contributed by atoms with Crippen molar-refractivity contribution in [2.45, 2.75) is 156 Å². The van der Waals surface area contributed by atoms with E-state index in [1.54, 1.807) is 0 Å². The van der Waals surface area contributed by atoms with Gasteiger partial charge in [-0.1, -0.05) is 84.8 Å². The van der Waals surface area contributed by atoms with Crippen molar-refractivity contribution in [1.29, 1.82) is 0 Å². The number of carbonyl (C=O) groups excluding carboxylic acids is 2. The molecule has 0 aromatic heterocycles. The van der Waals surface area contributed by atoms with Crippen LogP contribution in [0.15, 0.2) is 24.6 Å². The van der Waals surface area contributed by atoms with Crippen LogP contribution >= 0.6 is 0 Å². The standard InChI is InChI=1S/C33H59NO3/c1-5-8-9-10-11-14-22-32(7-3)37-33(36)23-15-12-13-20-31(35)21-16-18-29(4)19-17-26-34-27-24-30(6-2)25-28-34/h24-25,27-30,32H,5-23,26H2,1-4H3. The molecule has 2 unspecified atom stereocenters. The molecular formula is C33H59NO3. The molecule has 0 fully saturated rings. The Morgan fingerprint density at radius 1 is 0.757 bits per heavy atom. The predicted octanol–water partition coefficient (Wildman–Crippen LogP) is 9.53. The molecule has 214 valence electrons. The summed E-state index contributed by atoms with van der Waals surface area (Å²) in [5.74, 6) is 1.60. The van der Waals surface area contributed by atoms with Crippen molar-refractivity contribution in [1.82, 2.24) is 4.90 Å². The van der Waals surface area contributed by atoms with Crippen LogP contribution in [0.5, 0.6) is 0 Å². The fraction of sp³-hybridized carbons (Fsp3) is 0.818. The highest BCUT2D eigenvalue weighted by Crippen LogP contribution is 2.18. The Morgan fingerprint density at radius 3 is 2.08 bits per heavy atom. The van der Waals surface area contributed by atoms with Gasteiger partial charge in [0.1, 0.15) is 11.9 Å². The SMILES string of the molecule is CCCCCCCCC(CC)OC(=O)CCCCCC(=O)CCCC(C)CCCN1C=CC(CC)C=C1. The molecule has 4 nitrogen and oxygen atoms in total. The van der Waals surface area contributed by atoms with E-state index in [-0.39, 0.29) is 12.1 Å². The lowest BCUT2D eigenvalue weighted by atomic mass is 9.97. The number of rotatable bonds is 24. The third kappa shape index (κ3) is 18.3. The smallest absolute Gasteiger partial charge is 0.306 e. The van der Waals surface area contributed by atoms with E-state index in [2.05, 4.69) is 57.1 Å². The Labute approximate surface area is 229 Å². The number of esters is 1. The maximum atomic E-state index is 12.2. The Hall–Kier alpha value is -1.58. The Kier molecular flexibility index (Phi) is 20.3. The van der Waals surface area contributed by atoms with Crippen LogP contribution < -0.4 is 0 Å². The predicted molar refractivity (Wildman–Crippen MR) is 157 cm³/mol. The third-order valence-electron chi connectivity index (χ3n) is 7.76. The fourth-order valence-corrected chi connectivity index (χ4v) is 5.03. The van der Waals surface area contributed by atoms with Gasteiger partial charge in [-0.25, -0.2) is 0 Å².